The number of nitro groups is 2. The SMILES string of the molecule is O=[N+]([O-])c1cc(/C=N\Nc2ccc(C(F)(F)F)cc2[N+](=O)[O-])ccc1O. The highest BCUT2D eigenvalue weighted by Crippen LogP contribution is 2.35. The molecule has 9 nitrogen and oxygen atoms in total. The van der Waals surface area contributed by atoms with Gasteiger partial charge in [0.05, 0.1) is 21.6 Å². The van der Waals surface area contributed by atoms with Gasteiger partial charge in [0.25, 0.3) is 5.69 Å². The van der Waals surface area contributed by atoms with Crippen LogP contribution in [0.4, 0.5) is 30.2 Å². The van der Waals surface area contributed by atoms with Crippen LogP contribution in [0.15, 0.2) is 41.5 Å². The van der Waals surface area contributed by atoms with Gasteiger partial charge >= 0.3 is 11.9 Å². The minimum atomic E-state index is -4.74. The van der Waals surface area contributed by atoms with Gasteiger partial charge in [-0.2, -0.15) is 18.3 Å². The van der Waals surface area contributed by atoms with E-state index in [2.05, 4.69) is 10.5 Å². The summed E-state index contributed by atoms with van der Waals surface area (Å²) in [5, 5.41) is 34.6. The Balaban J connectivity index is 2.26. The molecule has 0 heterocycles. The number of nitrogens with one attached hydrogen (secondary N) is 1. The van der Waals surface area contributed by atoms with E-state index in [-0.39, 0.29) is 11.3 Å². The minimum absolute atomic E-state index is 0.177. The average molecular weight is 370 g/mol. The van der Waals surface area contributed by atoms with Crippen LogP contribution >= 0.6 is 0 Å². The standard InChI is InChI=1S/C14H9F3N4O5/c15-14(16,17)9-2-3-10(11(6-9)20(23)24)19-18-7-8-1-4-13(22)12(5-8)21(25)26/h1-7,19,22H/b18-7-. The van der Waals surface area contributed by atoms with E-state index in [0.717, 1.165) is 24.4 Å². The van der Waals surface area contributed by atoms with Crippen molar-refractivity contribution in [3.63, 3.8) is 0 Å². The first-order valence-electron chi connectivity index (χ1n) is 6.71. The summed E-state index contributed by atoms with van der Waals surface area (Å²) in [4.78, 5) is 19.8. The lowest BCUT2D eigenvalue weighted by Crippen LogP contribution is -2.06. The van der Waals surface area contributed by atoms with Crippen LogP contribution in [0.1, 0.15) is 11.1 Å². The topological polar surface area (TPSA) is 131 Å². The lowest BCUT2D eigenvalue weighted by molar-refractivity contribution is -0.385. The van der Waals surface area contributed by atoms with Crippen LogP contribution in [0.2, 0.25) is 0 Å². The van der Waals surface area contributed by atoms with Crippen molar-refractivity contribution in [2.24, 2.45) is 5.10 Å². The summed E-state index contributed by atoms with van der Waals surface area (Å²) in [6, 6.07) is 5.20. The molecule has 0 aliphatic heterocycles. The number of nitrogens with zero attached hydrogens (tertiary/aromatic N) is 3. The molecule has 0 spiro atoms. The van der Waals surface area contributed by atoms with Crippen molar-refractivity contribution in [1.82, 2.24) is 0 Å². The van der Waals surface area contributed by atoms with Crippen molar-refractivity contribution >= 4 is 23.3 Å². The predicted molar refractivity (Wildman–Crippen MR) is 84.1 cm³/mol. The Kier molecular flexibility index (Phi) is 5.05. The highest BCUT2D eigenvalue weighted by molar-refractivity contribution is 5.82. The number of hydrogen-bond acceptors (Lipinski definition) is 7. The summed E-state index contributed by atoms with van der Waals surface area (Å²) < 4.78 is 37.9. The van der Waals surface area contributed by atoms with Crippen LogP contribution in [0.3, 0.4) is 0 Å². The molecule has 136 valence electrons. The largest absolute Gasteiger partial charge is 0.502 e. The Morgan fingerprint density at radius 1 is 1.04 bits per heavy atom. The molecule has 2 rings (SSSR count). The first-order chi connectivity index (χ1) is 12.1. The molecule has 0 aliphatic rings. The van der Waals surface area contributed by atoms with E-state index in [9.17, 15) is 38.5 Å². The van der Waals surface area contributed by atoms with Crippen molar-refractivity contribution in [2.75, 3.05) is 5.43 Å². The Morgan fingerprint density at radius 2 is 1.69 bits per heavy atom. The normalized spacial score (nSPS) is 11.5. The molecule has 0 fully saturated rings. The summed E-state index contributed by atoms with van der Waals surface area (Å²) in [6.45, 7) is 0. The molecule has 2 N–H and O–H groups in total. The van der Waals surface area contributed by atoms with Crippen LogP contribution in [-0.4, -0.2) is 21.2 Å². The molecule has 0 atom stereocenters. The second kappa shape index (κ2) is 7.04. The van der Waals surface area contributed by atoms with Crippen molar-refractivity contribution in [3.8, 4) is 5.75 Å². The third-order valence-electron chi connectivity index (χ3n) is 3.12. The number of phenolic OH excluding ortho intramolecular Hbond substituents is 1. The quantitative estimate of drug-likeness (QED) is 0.469. The molecule has 0 bridgehead atoms. The molecule has 0 saturated carbocycles. The van der Waals surface area contributed by atoms with Crippen molar-refractivity contribution in [3.05, 3.63) is 67.8 Å². The van der Waals surface area contributed by atoms with Gasteiger partial charge in [-0.05, 0) is 24.3 Å². The van der Waals surface area contributed by atoms with Crippen molar-refractivity contribution in [2.45, 2.75) is 6.18 Å². The van der Waals surface area contributed by atoms with Gasteiger partial charge in [0.2, 0.25) is 0 Å². The summed E-state index contributed by atoms with van der Waals surface area (Å²) in [5.74, 6) is -0.557. The number of benzene rings is 2. The number of alkyl halides is 3. The third-order valence-corrected chi connectivity index (χ3v) is 3.12. The van der Waals surface area contributed by atoms with E-state index < -0.39 is 38.7 Å². The van der Waals surface area contributed by atoms with Gasteiger partial charge in [0.1, 0.15) is 5.69 Å². The number of aromatic hydroxyl groups is 1. The molecule has 2 aromatic rings. The Labute approximate surface area is 142 Å². The molecule has 0 saturated heterocycles. The van der Waals surface area contributed by atoms with Crippen LogP contribution in [0.5, 0.6) is 5.75 Å². The van der Waals surface area contributed by atoms with Gasteiger partial charge in [-0.15, -0.1) is 0 Å². The Bertz CT molecular complexity index is 899. The fraction of sp³-hybridized carbons (Fsp3) is 0.0714. The zero-order valence-corrected chi connectivity index (χ0v) is 12.6. The third kappa shape index (κ3) is 4.23. The van der Waals surface area contributed by atoms with Gasteiger partial charge in [-0.25, -0.2) is 0 Å². The zero-order valence-electron chi connectivity index (χ0n) is 12.6. The van der Waals surface area contributed by atoms with Crippen LogP contribution in [0, 0.1) is 20.2 Å². The Morgan fingerprint density at radius 3 is 2.27 bits per heavy atom. The highest BCUT2D eigenvalue weighted by atomic mass is 19.4. The first kappa shape index (κ1) is 18.6. The first-order valence-corrected chi connectivity index (χ1v) is 6.71. The van der Waals surface area contributed by atoms with E-state index in [1.165, 1.54) is 6.07 Å². The predicted octanol–water partition coefficient (Wildman–Crippen LogP) is 3.67. The molecule has 2 aromatic carbocycles. The van der Waals surface area contributed by atoms with Crippen LogP contribution in [0.25, 0.3) is 0 Å². The molecular formula is C14H9F3N4O5. The second-order valence-electron chi connectivity index (χ2n) is 4.86. The summed E-state index contributed by atoms with van der Waals surface area (Å²) in [7, 11) is 0. The van der Waals surface area contributed by atoms with E-state index in [4.69, 9.17) is 0 Å². The monoisotopic (exact) mass is 370 g/mol. The summed E-state index contributed by atoms with van der Waals surface area (Å²) >= 11 is 0. The molecule has 0 aliphatic carbocycles. The molecule has 0 radical (unpaired) electrons. The lowest BCUT2D eigenvalue weighted by Gasteiger charge is -2.08. The minimum Gasteiger partial charge on any atom is -0.502 e. The molecular weight excluding hydrogens is 361 g/mol. The van der Waals surface area contributed by atoms with Gasteiger partial charge in [-0.3, -0.25) is 25.7 Å². The summed E-state index contributed by atoms with van der Waals surface area (Å²) in [6.07, 6.45) is -3.69. The number of nitro benzene ring substituents is 2. The Hall–Kier alpha value is -3.70. The van der Waals surface area contributed by atoms with Gasteiger partial charge < -0.3 is 5.11 Å². The van der Waals surface area contributed by atoms with E-state index in [0.29, 0.717) is 12.1 Å². The fourth-order valence-electron chi connectivity index (χ4n) is 1.90. The fourth-order valence-corrected chi connectivity index (χ4v) is 1.90. The number of hydrogen-bond donors (Lipinski definition) is 2. The smallest absolute Gasteiger partial charge is 0.416 e. The maximum atomic E-state index is 12.6. The van der Waals surface area contributed by atoms with Crippen LogP contribution < -0.4 is 5.43 Å². The molecule has 26 heavy (non-hydrogen) atoms. The average Bonchev–Trinajstić information content (AvgIpc) is 2.55. The maximum Gasteiger partial charge on any atom is 0.416 e. The molecule has 12 heteroatoms. The van der Waals surface area contributed by atoms with E-state index in [1.807, 2.05) is 0 Å². The zero-order chi connectivity index (χ0) is 19.5. The lowest BCUT2D eigenvalue weighted by atomic mass is 10.1. The van der Waals surface area contributed by atoms with Gasteiger partial charge in [0.15, 0.2) is 5.75 Å². The number of phenols is 1. The van der Waals surface area contributed by atoms with Gasteiger partial charge in [-0.1, -0.05) is 0 Å². The molecule has 0 aromatic heterocycles. The van der Waals surface area contributed by atoms with Crippen LogP contribution in [-0.2, 0) is 6.18 Å². The molecule has 0 amide bonds. The second-order valence-corrected chi connectivity index (χ2v) is 4.86. The van der Waals surface area contributed by atoms with Gasteiger partial charge in [0, 0.05) is 17.7 Å². The van der Waals surface area contributed by atoms with Crippen molar-refractivity contribution in [1.29, 1.82) is 0 Å². The maximum absolute atomic E-state index is 12.6. The number of hydrazone groups is 1. The number of halogens is 3. The number of anilines is 1. The van der Waals surface area contributed by atoms with E-state index in [1.54, 1.807) is 0 Å². The highest BCUT2D eigenvalue weighted by Gasteiger charge is 2.33. The number of rotatable bonds is 5. The van der Waals surface area contributed by atoms with Crippen molar-refractivity contribution < 1.29 is 28.1 Å². The van der Waals surface area contributed by atoms with E-state index >= 15 is 0 Å². The molecule has 0 unspecified atom stereocenters. The summed E-state index contributed by atoms with van der Waals surface area (Å²) in [5.41, 5.74) is -0.509.